The Morgan fingerprint density at radius 2 is 1.62 bits per heavy atom. The molecule has 0 amide bonds. The van der Waals surface area contributed by atoms with Gasteiger partial charge in [-0.3, -0.25) is 0 Å². The van der Waals surface area contributed by atoms with E-state index in [4.69, 9.17) is 4.99 Å². The van der Waals surface area contributed by atoms with Gasteiger partial charge in [-0.15, -0.1) is 24.0 Å². The van der Waals surface area contributed by atoms with Crippen LogP contribution in [0.2, 0.25) is 0 Å². The molecule has 26 heavy (non-hydrogen) atoms. The first-order valence-electron chi connectivity index (χ1n) is 8.87. The number of rotatable bonds is 7. The van der Waals surface area contributed by atoms with Gasteiger partial charge in [0.1, 0.15) is 0 Å². The molecule has 2 rings (SSSR count). The van der Waals surface area contributed by atoms with Crippen molar-refractivity contribution < 1.29 is 0 Å². The summed E-state index contributed by atoms with van der Waals surface area (Å²) in [5.74, 6) is 0.850. The molecule has 0 unspecified atom stereocenters. The Morgan fingerprint density at radius 1 is 0.962 bits per heavy atom. The first-order chi connectivity index (χ1) is 12.1. The summed E-state index contributed by atoms with van der Waals surface area (Å²) >= 11 is 0. The highest BCUT2D eigenvalue weighted by Crippen LogP contribution is 2.10. The van der Waals surface area contributed by atoms with Gasteiger partial charge >= 0.3 is 0 Å². The van der Waals surface area contributed by atoms with Crippen LogP contribution in [0.15, 0.2) is 53.5 Å². The van der Waals surface area contributed by atoms with Crippen LogP contribution in [0, 0.1) is 6.92 Å². The molecule has 0 aliphatic carbocycles. The van der Waals surface area contributed by atoms with Crippen LogP contribution in [0.25, 0.3) is 0 Å². The highest BCUT2D eigenvalue weighted by Gasteiger charge is 2.04. The van der Waals surface area contributed by atoms with Crippen molar-refractivity contribution in [1.82, 2.24) is 15.5 Å². The molecule has 0 fully saturated rings. The van der Waals surface area contributed by atoms with Crippen molar-refractivity contribution in [2.45, 2.75) is 33.5 Å². The van der Waals surface area contributed by atoms with E-state index in [9.17, 15) is 0 Å². The third-order valence-electron chi connectivity index (χ3n) is 3.94. The Balaban J connectivity index is 0.00000338. The Labute approximate surface area is 175 Å². The number of nitrogens with zero attached hydrogens (tertiary/aromatic N) is 2. The van der Waals surface area contributed by atoms with E-state index in [0.29, 0.717) is 6.54 Å². The SMILES string of the molecule is CCNC(=NCc1ccc(C)cc1)NCc1ccccc1CN(C)C.I. The number of aryl methyl sites for hydroxylation is 1. The summed E-state index contributed by atoms with van der Waals surface area (Å²) in [6.45, 7) is 7.42. The normalized spacial score (nSPS) is 11.2. The molecule has 2 aromatic rings. The van der Waals surface area contributed by atoms with Crippen LogP contribution in [0.5, 0.6) is 0 Å². The van der Waals surface area contributed by atoms with Gasteiger partial charge in [0.25, 0.3) is 0 Å². The number of nitrogens with one attached hydrogen (secondary N) is 2. The van der Waals surface area contributed by atoms with Crippen molar-refractivity contribution in [3.05, 3.63) is 70.8 Å². The number of hydrogen-bond acceptors (Lipinski definition) is 2. The van der Waals surface area contributed by atoms with E-state index in [2.05, 4.69) is 92.0 Å². The van der Waals surface area contributed by atoms with Crippen LogP contribution < -0.4 is 10.6 Å². The fraction of sp³-hybridized carbons (Fsp3) is 0.381. The molecule has 0 aromatic heterocycles. The Kier molecular flexibility index (Phi) is 10.3. The van der Waals surface area contributed by atoms with Gasteiger partial charge in [-0.1, -0.05) is 54.1 Å². The summed E-state index contributed by atoms with van der Waals surface area (Å²) in [5.41, 5.74) is 5.14. The van der Waals surface area contributed by atoms with Crippen LogP contribution in [0.4, 0.5) is 0 Å². The highest BCUT2D eigenvalue weighted by molar-refractivity contribution is 14.0. The molecule has 0 radical (unpaired) electrons. The van der Waals surface area contributed by atoms with Crippen molar-refractivity contribution >= 4 is 29.9 Å². The predicted octanol–water partition coefficient (Wildman–Crippen LogP) is 3.93. The minimum atomic E-state index is 0. The zero-order valence-corrected chi connectivity index (χ0v) is 18.6. The predicted molar refractivity (Wildman–Crippen MR) is 122 cm³/mol. The Morgan fingerprint density at radius 3 is 2.23 bits per heavy atom. The summed E-state index contributed by atoms with van der Waals surface area (Å²) in [6.07, 6.45) is 0. The number of guanidine groups is 1. The van der Waals surface area contributed by atoms with Gasteiger partial charge < -0.3 is 15.5 Å². The molecule has 142 valence electrons. The first-order valence-corrected chi connectivity index (χ1v) is 8.87. The molecular weight excluding hydrogens is 435 g/mol. The minimum absolute atomic E-state index is 0. The van der Waals surface area contributed by atoms with Crippen LogP contribution >= 0.6 is 24.0 Å². The van der Waals surface area contributed by atoms with Gasteiger partial charge in [0, 0.05) is 19.6 Å². The van der Waals surface area contributed by atoms with Gasteiger partial charge in [0.15, 0.2) is 5.96 Å². The first kappa shape index (κ1) is 22.4. The van der Waals surface area contributed by atoms with Crippen molar-refractivity contribution in [2.24, 2.45) is 4.99 Å². The van der Waals surface area contributed by atoms with E-state index in [-0.39, 0.29) is 24.0 Å². The maximum atomic E-state index is 4.70. The lowest BCUT2D eigenvalue weighted by Gasteiger charge is -2.16. The summed E-state index contributed by atoms with van der Waals surface area (Å²) in [6, 6.07) is 17.1. The number of benzene rings is 2. The molecule has 0 atom stereocenters. The van der Waals surface area contributed by atoms with Crippen LogP contribution in [0.3, 0.4) is 0 Å². The summed E-state index contributed by atoms with van der Waals surface area (Å²) in [4.78, 5) is 6.89. The second kappa shape index (κ2) is 11.9. The fourth-order valence-corrected chi connectivity index (χ4v) is 2.61. The summed E-state index contributed by atoms with van der Waals surface area (Å²) in [7, 11) is 4.19. The summed E-state index contributed by atoms with van der Waals surface area (Å²) < 4.78 is 0. The molecule has 0 aliphatic rings. The molecule has 0 spiro atoms. The zero-order valence-electron chi connectivity index (χ0n) is 16.2. The van der Waals surface area contributed by atoms with Crippen molar-refractivity contribution in [2.75, 3.05) is 20.6 Å². The molecule has 0 heterocycles. The number of halogens is 1. The van der Waals surface area contributed by atoms with E-state index in [1.165, 1.54) is 22.3 Å². The van der Waals surface area contributed by atoms with Crippen molar-refractivity contribution in [3.8, 4) is 0 Å². The van der Waals surface area contributed by atoms with E-state index in [1.807, 2.05) is 0 Å². The average Bonchev–Trinajstić information content (AvgIpc) is 2.59. The third-order valence-corrected chi connectivity index (χ3v) is 3.94. The summed E-state index contributed by atoms with van der Waals surface area (Å²) in [5, 5.41) is 6.78. The van der Waals surface area contributed by atoms with Gasteiger partial charge in [-0.2, -0.15) is 0 Å². The minimum Gasteiger partial charge on any atom is -0.357 e. The molecule has 0 aliphatic heterocycles. The Bertz CT molecular complexity index is 681. The number of aliphatic imine (C=N–C) groups is 1. The van der Waals surface area contributed by atoms with E-state index in [1.54, 1.807) is 0 Å². The number of hydrogen-bond donors (Lipinski definition) is 2. The molecule has 5 heteroatoms. The van der Waals surface area contributed by atoms with Gasteiger partial charge in [0.05, 0.1) is 6.54 Å². The second-order valence-corrected chi connectivity index (χ2v) is 6.54. The van der Waals surface area contributed by atoms with Crippen molar-refractivity contribution in [3.63, 3.8) is 0 Å². The van der Waals surface area contributed by atoms with Crippen molar-refractivity contribution in [1.29, 1.82) is 0 Å². The lowest BCUT2D eigenvalue weighted by molar-refractivity contribution is 0.400. The lowest BCUT2D eigenvalue weighted by Crippen LogP contribution is -2.37. The quantitative estimate of drug-likeness (QED) is 0.369. The van der Waals surface area contributed by atoms with E-state index >= 15 is 0 Å². The second-order valence-electron chi connectivity index (χ2n) is 6.54. The molecule has 0 saturated carbocycles. The molecular formula is C21H31IN4. The smallest absolute Gasteiger partial charge is 0.191 e. The highest BCUT2D eigenvalue weighted by atomic mass is 127. The average molecular weight is 466 g/mol. The molecule has 0 saturated heterocycles. The topological polar surface area (TPSA) is 39.7 Å². The monoisotopic (exact) mass is 466 g/mol. The molecule has 0 bridgehead atoms. The maximum absolute atomic E-state index is 4.70. The van der Waals surface area contributed by atoms with Gasteiger partial charge in [-0.05, 0) is 44.6 Å². The zero-order chi connectivity index (χ0) is 18.1. The van der Waals surface area contributed by atoms with Crippen LogP contribution in [-0.2, 0) is 19.6 Å². The lowest BCUT2D eigenvalue weighted by atomic mass is 10.1. The standard InChI is InChI=1S/C21H30N4.HI/c1-5-22-21(23-14-18-12-10-17(2)11-13-18)24-15-19-8-6-7-9-20(19)16-25(3)4;/h6-13H,5,14-16H2,1-4H3,(H2,22,23,24);1H. The van der Waals surface area contributed by atoms with E-state index < -0.39 is 0 Å². The maximum Gasteiger partial charge on any atom is 0.191 e. The molecule has 4 nitrogen and oxygen atoms in total. The van der Waals surface area contributed by atoms with Gasteiger partial charge in [0.2, 0.25) is 0 Å². The molecule has 2 N–H and O–H groups in total. The van der Waals surface area contributed by atoms with Crippen LogP contribution in [0.1, 0.15) is 29.2 Å². The largest absolute Gasteiger partial charge is 0.357 e. The van der Waals surface area contributed by atoms with E-state index in [0.717, 1.165) is 25.6 Å². The Hall–Kier alpha value is -1.60. The third kappa shape index (κ3) is 7.74. The fourth-order valence-electron chi connectivity index (χ4n) is 2.61. The van der Waals surface area contributed by atoms with Crippen LogP contribution in [-0.4, -0.2) is 31.5 Å². The molecule has 2 aromatic carbocycles. The van der Waals surface area contributed by atoms with Gasteiger partial charge in [-0.25, -0.2) is 4.99 Å².